The second-order valence-electron chi connectivity index (χ2n) is 6.49. The van der Waals surface area contributed by atoms with Crippen molar-refractivity contribution in [2.24, 2.45) is 0 Å². The summed E-state index contributed by atoms with van der Waals surface area (Å²) in [5, 5.41) is 4.92. The number of halogens is 1. The minimum atomic E-state index is 0.330. The first-order valence-corrected chi connectivity index (χ1v) is 9.82. The molecule has 1 aliphatic heterocycles. The van der Waals surface area contributed by atoms with E-state index in [0.717, 1.165) is 48.6 Å². The Morgan fingerprint density at radius 1 is 1.08 bits per heavy atom. The lowest BCUT2D eigenvalue weighted by molar-refractivity contribution is 0.724. The normalized spacial score (nSPS) is 15.6. The largest absolute Gasteiger partial charge is 0.355 e. The fourth-order valence-electron chi connectivity index (χ4n) is 3.42. The molecule has 0 aliphatic carbocycles. The molecule has 4 rings (SSSR count). The standard InChI is InChI=1S/C19H21ClN4S/c1-12-4-6-14(7-5-12)15-13(2)25-18-16(15)17(22-19(20)23-18)24-10-3-8-21-9-11-24/h4-7,21H,3,8-11H2,1-2H3. The van der Waals surface area contributed by atoms with Gasteiger partial charge in [-0.3, -0.25) is 0 Å². The van der Waals surface area contributed by atoms with Crippen molar-refractivity contribution in [3.8, 4) is 11.1 Å². The molecule has 1 N–H and O–H groups in total. The summed E-state index contributed by atoms with van der Waals surface area (Å²) < 4.78 is 0. The lowest BCUT2D eigenvalue weighted by Crippen LogP contribution is -2.28. The van der Waals surface area contributed by atoms with E-state index in [9.17, 15) is 0 Å². The van der Waals surface area contributed by atoms with Gasteiger partial charge in [-0.05, 0) is 44.0 Å². The van der Waals surface area contributed by atoms with E-state index in [1.165, 1.54) is 21.6 Å². The first-order valence-electron chi connectivity index (χ1n) is 8.63. The highest BCUT2D eigenvalue weighted by Crippen LogP contribution is 2.42. The summed E-state index contributed by atoms with van der Waals surface area (Å²) in [6.07, 6.45) is 1.10. The van der Waals surface area contributed by atoms with E-state index in [-0.39, 0.29) is 0 Å². The van der Waals surface area contributed by atoms with Crippen LogP contribution < -0.4 is 10.2 Å². The number of rotatable bonds is 2. The molecule has 1 fully saturated rings. The Balaban J connectivity index is 1.94. The van der Waals surface area contributed by atoms with E-state index in [0.29, 0.717) is 5.28 Å². The molecular formula is C19H21ClN4S. The molecule has 3 heterocycles. The number of nitrogens with zero attached hydrogens (tertiary/aromatic N) is 3. The van der Waals surface area contributed by atoms with Crippen LogP contribution in [0.5, 0.6) is 0 Å². The zero-order valence-electron chi connectivity index (χ0n) is 14.5. The van der Waals surface area contributed by atoms with Gasteiger partial charge in [0.1, 0.15) is 10.6 Å². The Bertz CT molecular complexity index is 896. The third-order valence-electron chi connectivity index (χ3n) is 4.66. The van der Waals surface area contributed by atoms with Gasteiger partial charge in [-0.1, -0.05) is 29.8 Å². The maximum atomic E-state index is 6.25. The van der Waals surface area contributed by atoms with Gasteiger partial charge in [0.05, 0.1) is 5.39 Å². The summed E-state index contributed by atoms with van der Waals surface area (Å²) in [7, 11) is 0. The van der Waals surface area contributed by atoms with Crippen LogP contribution in [0, 0.1) is 13.8 Å². The first kappa shape index (κ1) is 16.8. The summed E-state index contributed by atoms with van der Waals surface area (Å²) in [4.78, 5) is 13.7. The monoisotopic (exact) mass is 372 g/mol. The molecule has 1 saturated heterocycles. The molecule has 4 nitrogen and oxygen atoms in total. The van der Waals surface area contributed by atoms with Crippen LogP contribution in [-0.4, -0.2) is 36.1 Å². The van der Waals surface area contributed by atoms with E-state index in [1.54, 1.807) is 11.3 Å². The molecule has 0 spiro atoms. The van der Waals surface area contributed by atoms with Crippen molar-refractivity contribution in [1.29, 1.82) is 0 Å². The maximum Gasteiger partial charge on any atom is 0.225 e. The molecule has 2 aromatic heterocycles. The second-order valence-corrected chi connectivity index (χ2v) is 8.03. The van der Waals surface area contributed by atoms with Crippen LogP contribution in [0.4, 0.5) is 5.82 Å². The van der Waals surface area contributed by atoms with Gasteiger partial charge in [-0.25, -0.2) is 4.98 Å². The Hall–Kier alpha value is -1.69. The Labute approximate surface area is 156 Å². The van der Waals surface area contributed by atoms with Crippen molar-refractivity contribution in [2.75, 3.05) is 31.1 Å². The molecule has 3 aromatic rings. The summed E-state index contributed by atoms with van der Waals surface area (Å²) >= 11 is 7.95. The molecule has 0 bridgehead atoms. The van der Waals surface area contributed by atoms with Crippen molar-refractivity contribution in [3.05, 3.63) is 40.0 Å². The van der Waals surface area contributed by atoms with Crippen molar-refractivity contribution in [2.45, 2.75) is 20.3 Å². The van der Waals surface area contributed by atoms with E-state index >= 15 is 0 Å². The molecule has 6 heteroatoms. The lowest BCUT2D eigenvalue weighted by Gasteiger charge is -2.22. The van der Waals surface area contributed by atoms with Crippen molar-refractivity contribution in [1.82, 2.24) is 15.3 Å². The number of hydrogen-bond donors (Lipinski definition) is 1. The molecule has 25 heavy (non-hydrogen) atoms. The van der Waals surface area contributed by atoms with Crippen molar-refractivity contribution >= 4 is 39.0 Å². The molecule has 0 amide bonds. The van der Waals surface area contributed by atoms with E-state index < -0.39 is 0 Å². The van der Waals surface area contributed by atoms with Gasteiger partial charge in [-0.2, -0.15) is 4.98 Å². The number of thiophene rings is 1. The number of nitrogens with one attached hydrogen (secondary N) is 1. The third-order valence-corrected chi connectivity index (χ3v) is 5.83. The van der Waals surface area contributed by atoms with Gasteiger partial charge in [-0.15, -0.1) is 11.3 Å². The molecule has 0 radical (unpaired) electrons. The van der Waals surface area contributed by atoms with Gasteiger partial charge in [0.25, 0.3) is 0 Å². The highest BCUT2D eigenvalue weighted by Gasteiger charge is 2.22. The van der Waals surface area contributed by atoms with Gasteiger partial charge in [0, 0.05) is 30.1 Å². The van der Waals surface area contributed by atoms with Gasteiger partial charge in [0.2, 0.25) is 5.28 Å². The fourth-order valence-corrected chi connectivity index (χ4v) is 4.68. The number of anilines is 1. The lowest BCUT2D eigenvalue weighted by atomic mass is 10.0. The minimum Gasteiger partial charge on any atom is -0.355 e. The SMILES string of the molecule is Cc1ccc(-c2c(C)sc3nc(Cl)nc(N4CCCNCC4)c23)cc1. The average Bonchev–Trinajstić information content (AvgIpc) is 2.77. The van der Waals surface area contributed by atoms with Crippen LogP contribution in [0.3, 0.4) is 0 Å². The first-order chi connectivity index (χ1) is 12.1. The summed E-state index contributed by atoms with van der Waals surface area (Å²) in [6, 6.07) is 8.69. The molecule has 1 aromatic carbocycles. The van der Waals surface area contributed by atoms with Crippen LogP contribution in [-0.2, 0) is 0 Å². The molecule has 0 saturated carbocycles. The summed E-state index contributed by atoms with van der Waals surface area (Å²) in [5.74, 6) is 0.971. The second kappa shape index (κ2) is 6.90. The number of benzene rings is 1. The van der Waals surface area contributed by atoms with Gasteiger partial charge >= 0.3 is 0 Å². The zero-order valence-corrected chi connectivity index (χ0v) is 16.0. The quantitative estimate of drug-likeness (QED) is 0.676. The Morgan fingerprint density at radius 2 is 1.88 bits per heavy atom. The highest BCUT2D eigenvalue weighted by molar-refractivity contribution is 7.19. The summed E-state index contributed by atoms with van der Waals surface area (Å²) in [6.45, 7) is 8.20. The minimum absolute atomic E-state index is 0.330. The predicted octanol–water partition coefficient (Wildman–Crippen LogP) is 4.43. The van der Waals surface area contributed by atoms with E-state index in [4.69, 9.17) is 11.6 Å². The zero-order chi connectivity index (χ0) is 17.4. The number of aryl methyl sites for hydroxylation is 2. The number of aromatic nitrogens is 2. The smallest absolute Gasteiger partial charge is 0.225 e. The Kier molecular flexibility index (Phi) is 4.63. The van der Waals surface area contributed by atoms with Crippen LogP contribution >= 0.6 is 22.9 Å². The van der Waals surface area contributed by atoms with Crippen LogP contribution in [0.1, 0.15) is 16.9 Å². The maximum absolute atomic E-state index is 6.25. The van der Waals surface area contributed by atoms with E-state index in [2.05, 4.69) is 58.3 Å². The molecule has 0 atom stereocenters. The van der Waals surface area contributed by atoms with E-state index in [1.807, 2.05) is 0 Å². The highest BCUT2D eigenvalue weighted by atomic mass is 35.5. The van der Waals surface area contributed by atoms with Crippen molar-refractivity contribution < 1.29 is 0 Å². The predicted molar refractivity (Wildman–Crippen MR) is 107 cm³/mol. The fraction of sp³-hybridized carbons (Fsp3) is 0.368. The van der Waals surface area contributed by atoms with Crippen LogP contribution in [0.25, 0.3) is 21.3 Å². The van der Waals surface area contributed by atoms with Crippen molar-refractivity contribution in [3.63, 3.8) is 0 Å². The Morgan fingerprint density at radius 3 is 2.68 bits per heavy atom. The molecular weight excluding hydrogens is 352 g/mol. The average molecular weight is 373 g/mol. The van der Waals surface area contributed by atoms with Gasteiger partial charge in [0.15, 0.2) is 0 Å². The van der Waals surface area contributed by atoms with Gasteiger partial charge < -0.3 is 10.2 Å². The topological polar surface area (TPSA) is 41.1 Å². The number of hydrogen-bond acceptors (Lipinski definition) is 5. The molecule has 130 valence electrons. The number of fused-ring (bicyclic) bond motifs is 1. The van der Waals surface area contributed by atoms with Crippen LogP contribution in [0.2, 0.25) is 5.28 Å². The third kappa shape index (κ3) is 3.24. The molecule has 0 unspecified atom stereocenters. The summed E-state index contributed by atoms with van der Waals surface area (Å²) in [5.41, 5.74) is 3.72. The molecule has 1 aliphatic rings. The van der Waals surface area contributed by atoms with Crippen LogP contribution in [0.15, 0.2) is 24.3 Å².